The molecule has 0 N–H and O–H groups in total. The van der Waals surface area contributed by atoms with E-state index in [2.05, 4.69) is 36.0 Å². The van der Waals surface area contributed by atoms with Gasteiger partial charge in [-0.15, -0.1) is 0 Å². The molecule has 0 aromatic heterocycles. The van der Waals surface area contributed by atoms with Crippen LogP contribution in [0.25, 0.3) is 0 Å². The molecule has 0 bridgehead atoms. The van der Waals surface area contributed by atoms with Gasteiger partial charge in [0.2, 0.25) is 0 Å². The molecule has 0 fully saturated rings. The van der Waals surface area contributed by atoms with Gasteiger partial charge in [-0.25, -0.2) is 4.21 Å². The van der Waals surface area contributed by atoms with E-state index >= 15 is 0 Å². The molecule has 7 heteroatoms. The maximum absolute atomic E-state index is 10.3. The second-order valence-electron chi connectivity index (χ2n) is 2.20. The summed E-state index contributed by atoms with van der Waals surface area (Å²) in [4.78, 5) is 0. The summed E-state index contributed by atoms with van der Waals surface area (Å²) in [6.45, 7) is 0. The van der Waals surface area contributed by atoms with E-state index in [1.165, 1.54) is 13.2 Å². The van der Waals surface area contributed by atoms with Crippen molar-refractivity contribution >= 4 is 43.2 Å². The van der Waals surface area contributed by atoms with Crippen LogP contribution in [0.2, 0.25) is 0 Å². The number of hydrogen-bond acceptors (Lipinski definition) is 4. The van der Waals surface area contributed by atoms with Crippen LogP contribution in [0.3, 0.4) is 0 Å². The first kappa shape index (κ1) is 12.0. The second-order valence-corrected chi connectivity index (χ2v) is 4.49. The second kappa shape index (κ2) is 5.11. The smallest absolute Gasteiger partial charge is 0.157 e. The van der Waals surface area contributed by atoms with E-state index in [0.29, 0.717) is 14.7 Å². The van der Waals surface area contributed by atoms with Crippen molar-refractivity contribution in [2.24, 2.45) is 0 Å². The normalized spacial score (nSPS) is 12.3. The van der Waals surface area contributed by atoms with E-state index in [1.54, 1.807) is 6.07 Å². The van der Waals surface area contributed by atoms with Crippen molar-refractivity contribution in [2.75, 3.05) is 7.11 Å². The van der Waals surface area contributed by atoms with Gasteiger partial charge >= 0.3 is 0 Å². The number of hydrogen-bond donors (Lipinski definition) is 0. The van der Waals surface area contributed by atoms with Gasteiger partial charge in [0.1, 0.15) is 17.1 Å². The lowest BCUT2D eigenvalue weighted by Gasteiger charge is -2.11. The van der Waals surface area contributed by atoms with E-state index in [0.717, 1.165) is 0 Å². The first-order chi connectivity index (χ1) is 6.54. The largest absolute Gasteiger partial charge is 0.740 e. The predicted octanol–water partition coefficient (Wildman–Crippen LogP) is 2.39. The average molecular weight is 345 g/mol. The monoisotopic (exact) mass is 343 g/mol. The van der Waals surface area contributed by atoms with Crippen molar-refractivity contribution in [3.63, 3.8) is 0 Å². The van der Waals surface area contributed by atoms with Crippen molar-refractivity contribution in [2.45, 2.75) is 0 Å². The van der Waals surface area contributed by atoms with Crippen LogP contribution in [0.15, 0.2) is 21.1 Å². The molecular weight excluding hydrogens is 340 g/mol. The van der Waals surface area contributed by atoms with Gasteiger partial charge in [-0.2, -0.15) is 0 Å². The minimum atomic E-state index is -2.59. The Morgan fingerprint density at radius 2 is 1.86 bits per heavy atom. The third kappa shape index (κ3) is 2.94. The molecule has 1 atom stereocenters. The first-order valence-corrected chi connectivity index (χ1v) is 5.94. The molecule has 4 nitrogen and oxygen atoms in total. The van der Waals surface area contributed by atoms with Gasteiger partial charge in [-0.3, -0.25) is 0 Å². The van der Waals surface area contributed by atoms with Crippen LogP contribution in [0, 0.1) is 0 Å². The van der Waals surface area contributed by atoms with Crippen LogP contribution in [0.5, 0.6) is 11.5 Å². The van der Waals surface area contributed by atoms with Crippen LogP contribution < -0.4 is 8.92 Å². The fourth-order valence-electron chi connectivity index (χ4n) is 0.804. The molecule has 0 heterocycles. The van der Waals surface area contributed by atoms with E-state index in [9.17, 15) is 8.76 Å². The number of rotatable bonds is 3. The molecular formula is C7H5Br2O4S-. The van der Waals surface area contributed by atoms with Crippen LogP contribution >= 0.6 is 31.9 Å². The molecule has 0 radical (unpaired) electrons. The van der Waals surface area contributed by atoms with Gasteiger partial charge in [0, 0.05) is 6.07 Å². The maximum Gasteiger partial charge on any atom is 0.157 e. The maximum atomic E-state index is 10.3. The van der Waals surface area contributed by atoms with Crippen molar-refractivity contribution in [1.29, 1.82) is 0 Å². The highest BCUT2D eigenvalue weighted by Crippen LogP contribution is 2.36. The lowest BCUT2D eigenvalue weighted by Crippen LogP contribution is -1.99. The molecule has 1 unspecified atom stereocenters. The standard InChI is InChI=1S/C7H6Br2O4S/c1-12-6-3-7(13-14(10)11)5(9)2-4(6)8/h2-3H,1H3,(H,10,11)/p-1. The Balaban J connectivity index is 3.10. The minimum absolute atomic E-state index is 0.179. The quantitative estimate of drug-likeness (QED) is 0.790. The SMILES string of the molecule is COc1cc(OS(=O)[O-])c(Br)cc1Br. The molecule has 1 rings (SSSR count). The third-order valence-corrected chi connectivity index (χ3v) is 2.92. The van der Waals surface area contributed by atoms with E-state index in [4.69, 9.17) is 4.74 Å². The molecule has 1 aromatic rings. The van der Waals surface area contributed by atoms with Crippen LogP contribution in [0.1, 0.15) is 0 Å². The Morgan fingerprint density at radius 3 is 2.36 bits per heavy atom. The first-order valence-electron chi connectivity index (χ1n) is 3.35. The highest BCUT2D eigenvalue weighted by molar-refractivity contribution is 9.11. The average Bonchev–Trinajstić information content (AvgIpc) is 2.09. The van der Waals surface area contributed by atoms with Crippen LogP contribution in [-0.4, -0.2) is 15.9 Å². The Bertz CT molecular complexity index is 369. The summed E-state index contributed by atoms with van der Waals surface area (Å²) in [6, 6.07) is 3.10. The zero-order valence-electron chi connectivity index (χ0n) is 6.95. The number of methoxy groups -OCH3 is 1. The summed E-state index contributed by atoms with van der Waals surface area (Å²) in [6.07, 6.45) is 0. The van der Waals surface area contributed by atoms with Gasteiger partial charge in [-0.05, 0) is 37.9 Å². The van der Waals surface area contributed by atoms with Gasteiger partial charge in [0.05, 0.1) is 16.1 Å². The Morgan fingerprint density at radius 1 is 1.29 bits per heavy atom. The predicted molar refractivity (Wildman–Crippen MR) is 57.9 cm³/mol. The zero-order valence-corrected chi connectivity index (χ0v) is 10.9. The summed E-state index contributed by atoms with van der Waals surface area (Å²) < 4.78 is 31.3. The highest BCUT2D eigenvalue weighted by atomic mass is 79.9. The summed E-state index contributed by atoms with van der Waals surface area (Å²) in [7, 11) is 1.48. The Labute approximate surface area is 100 Å². The molecule has 1 aromatic carbocycles. The van der Waals surface area contributed by atoms with Crippen molar-refractivity contribution in [3.8, 4) is 11.5 Å². The van der Waals surface area contributed by atoms with Crippen LogP contribution in [-0.2, 0) is 11.4 Å². The summed E-state index contributed by atoms with van der Waals surface area (Å²) in [5, 5.41) is 0. The summed E-state index contributed by atoms with van der Waals surface area (Å²) in [5.41, 5.74) is 0. The highest BCUT2D eigenvalue weighted by Gasteiger charge is 2.08. The number of benzene rings is 1. The molecule has 0 spiro atoms. The van der Waals surface area contributed by atoms with Crippen molar-refractivity contribution < 1.29 is 17.7 Å². The van der Waals surface area contributed by atoms with Gasteiger partial charge in [0.25, 0.3) is 0 Å². The molecule has 0 saturated carbocycles. The molecule has 0 saturated heterocycles. The zero-order chi connectivity index (χ0) is 10.7. The molecule has 0 amide bonds. The van der Waals surface area contributed by atoms with Gasteiger partial charge < -0.3 is 13.5 Å². The van der Waals surface area contributed by atoms with Crippen molar-refractivity contribution in [3.05, 3.63) is 21.1 Å². The van der Waals surface area contributed by atoms with E-state index in [1.807, 2.05) is 0 Å². The third-order valence-electron chi connectivity index (χ3n) is 1.36. The molecule has 0 aliphatic carbocycles. The summed E-state index contributed by atoms with van der Waals surface area (Å²) in [5.74, 6) is 0.673. The lowest BCUT2D eigenvalue weighted by molar-refractivity contribution is 0.406. The van der Waals surface area contributed by atoms with Gasteiger partial charge in [-0.1, -0.05) is 0 Å². The number of ether oxygens (including phenoxy) is 1. The Kier molecular flexibility index (Phi) is 4.36. The lowest BCUT2D eigenvalue weighted by atomic mass is 10.3. The molecule has 78 valence electrons. The topological polar surface area (TPSA) is 58.6 Å². The molecule has 14 heavy (non-hydrogen) atoms. The van der Waals surface area contributed by atoms with Gasteiger partial charge in [0.15, 0.2) is 5.75 Å². The Hall–Kier alpha value is -0.110. The fourth-order valence-corrected chi connectivity index (χ4v) is 2.43. The minimum Gasteiger partial charge on any atom is -0.740 e. The fraction of sp³-hybridized carbons (Fsp3) is 0.143. The van der Waals surface area contributed by atoms with Crippen molar-refractivity contribution in [1.82, 2.24) is 0 Å². The molecule has 0 aliphatic heterocycles. The van der Waals surface area contributed by atoms with Crippen LogP contribution in [0.4, 0.5) is 0 Å². The van der Waals surface area contributed by atoms with E-state index < -0.39 is 11.4 Å². The summed E-state index contributed by atoms with van der Waals surface area (Å²) >= 11 is 3.80. The molecule has 0 aliphatic rings. The number of halogens is 2. The van der Waals surface area contributed by atoms with E-state index in [-0.39, 0.29) is 5.75 Å².